The average Bonchev–Trinajstić information content (AvgIpc) is 3.29. The number of carbonyl (C=O) groups is 2. The molecule has 4 aromatic rings. The van der Waals surface area contributed by atoms with Crippen LogP contribution in [0.3, 0.4) is 0 Å². The standard InChI is InChI=1S/C23H17N5O4S/c29-21-14-3-1-2-4-19(14)33(31,32)20-11-13(5-6-15(20)21)22-24-8-7-16(26-22)17-12-18-23(30)25-9-10-28(18)27-17/h1-8,11-12,31-32H,9-10H2,(H,25,30). The van der Waals surface area contributed by atoms with E-state index < -0.39 is 10.6 Å². The van der Waals surface area contributed by atoms with Gasteiger partial charge in [-0.3, -0.25) is 23.4 Å². The van der Waals surface area contributed by atoms with E-state index in [1.54, 1.807) is 65.5 Å². The SMILES string of the molecule is O=C1c2ccccc2S(O)(O)c2cc(-c3nccc(-c4cc5n(n4)CCNC5=O)n3)ccc21. The third-order valence-corrected chi connectivity index (χ3v) is 7.69. The van der Waals surface area contributed by atoms with Gasteiger partial charge in [-0.15, -0.1) is 10.6 Å². The molecule has 0 spiro atoms. The van der Waals surface area contributed by atoms with Crippen LogP contribution in [0.2, 0.25) is 0 Å². The number of ketones is 1. The number of amides is 1. The van der Waals surface area contributed by atoms with Crippen LogP contribution in [0.15, 0.2) is 70.6 Å². The van der Waals surface area contributed by atoms with Gasteiger partial charge in [-0.05, 0) is 36.4 Å². The molecule has 33 heavy (non-hydrogen) atoms. The number of carbonyl (C=O) groups excluding carboxylic acids is 2. The van der Waals surface area contributed by atoms with Gasteiger partial charge in [0.05, 0.1) is 22.0 Å². The fraction of sp³-hybridized carbons (Fsp3) is 0.0870. The molecule has 4 heterocycles. The van der Waals surface area contributed by atoms with Crippen LogP contribution in [0.1, 0.15) is 26.4 Å². The number of nitrogens with zero attached hydrogens (tertiary/aromatic N) is 4. The van der Waals surface area contributed by atoms with Crippen molar-refractivity contribution in [2.45, 2.75) is 16.3 Å². The zero-order valence-corrected chi connectivity index (χ0v) is 17.9. The lowest BCUT2D eigenvalue weighted by Gasteiger charge is -2.38. The number of benzene rings is 2. The third kappa shape index (κ3) is 2.99. The van der Waals surface area contributed by atoms with E-state index in [0.717, 1.165) is 0 Å². The first-order valence-electron chi connectivity index (χ1n) is 10.2. The molecule has 10 heteroatoms. The number of hydrogen-bond donors (Lipinski definition) is 3. The number of hydrogen-bond acceptors (Lipinski definition) is 7. The molecule has 0 unspecified atom stereocenters. The molecule has 0 aliphatic carbocycles. The van der Waals surface area contributed by atoms with Crippen LogP contribution in [0.25, 0.3) is 22.8 Å². The Morgan fingerprint density at radius 1 is 0.939 bits per heavy atom. The van der Waals surface area contributed by atoms with Crippen LogP contribution in [0, 0.1) is 0 Å². The third-order valence-electron chi connectivity index (χ3n) is 5.77. The summed E-state index contributed by atoms with van der Waals surface area (Å²) in [5.41, 5.74) is 2.61. The van der Waals surface area contributed by atoms with Crippen molar-refractivity contribution in [2.75, 3.05) is 6.54 Å². The highest BCUT2D eigenvalue weighted by molar-refractivity contribution is 8.24. The normalized spacial score (nSPS) is 16.9. The molecule has 0 atom stereocenters. The summed E-state index contributed by atoms with van der Waals surface area (Å²) >= 11 is 0. The zero-order valence-electron chi connectivity index (χ0n) is 17.1. The number of fused-ring (bicyclic) bond motifs is 3. The fourth-order valence-corrected chi connectivity index (χ4v) is 5.88. The van der Waals surface area contributed by atoms with Gasteiger partial charge in [-0.25, -0.2) is 9.97 Å². The van der Waals surface area contributed by atoms with Crippen molar-refractivity contribution in [3.05, 3.63) is 77.6 Å². The minimum atomic E-state index is -3.37. The lowest BCUT2D eigenvalue weighted by molar-refractivity contribution is 0.0924. The van der Waals surface area contributed by atoms with E-state index in [-0.39, 0.29) is 27.0 Å². The van der Waals surface area contributed by atoms with Gasteiger partial charge in [-0.1, -0.05) is 18.2 Å². The van der Waals surface area contributed by atoms with Gasteiger partial charge in [0.25, 0.3) is 5.91 Å². The molecule has 0 saturated heterocycles. The topological polar surface area (TPSA) is 130 Å². The molecule has 2 aliphatic heterocycles. The Labute approximate surface area is 189 Å². The van der Waals surface area contributed by atoms with Crippen molar-refractivity contribution in [3.63, 3.8) is 0 Å². The summed E-state index contributed by atoms with van der Waals surface area (Å²) < 4.78 is 23.7. The van der Waals surface area contributed by atoms with Gasteiger partial charge in [0.2, 0.25) is 0 Å². The zero-order chi connectivity index (χ0) is 22.7. The van der Waals surface area contributed by atoms with E-state index in [2.05, 4.69) is 20.4 Å². The summed E-state index contributed by atoms with van der Waals surface area (Å²) in [4.78, 5) is 34.3. The molecule has 6 rings (SSSR count). The van der Waals surface area contributed by atoms with E-state index in [0.29, 0.717) is 47.1 Å². The second-order valence-corrected chi connectivity index (χ2v) is 9.72. The maximum absolute atomic E-state index is 12.9. The molecule has 164 valence electrons. The molecular weight excluding hydrogens is 442 g/mol. The quantitative estimate of drug-likeness (QED) is 0.418. The largest absolute Gasteiger partial charge is 0.349 e. The summed E-state index contributed by atoms with van der Waals surface area (Å²) in [5.74, 6) is -0.0961. The average molecular weight is 459 g/mol. The molecule has 2 aromatic heterocycles. The van der Waals surface area contributed by atoms with E-state index >= 15 is 0 Å². The smallest absolute Gasteiger partial charge is 0.269 e. The highest BCUT2D eigenvalue weighted by atomic mass is 32.3. The second-order valence-electron chi connectivity index (χ2n) is 7.74. The predicted molar refractivity (Wildman–Crippen MR) is 120 cm³/mol. The number of rotatable bonds is 2. The molecule has 0 fully saturated rings. The summed E-state index contributed by atoms with van der Waals surface area (Å²) in [6, 6.07) is 14.7. The van der Waals surface area contributed by atoms with Crippen LogP contribution in [0.5, 0.6) is 0 Å². The highest BCUT2D eigenvalue weighted by Gasteiger charge is 2.35. The van der Waals surface area contributed by atoms with Crippen LogP contribution >= 0.6 is 10.6 Å². The highest BCUT2D eigenvalue weighted by Crippen LogP contribution is 2.61. The van der Waals surface area contributed by atoms with Crippen molar-refractivity contribution in [3.8, 4) is 22.8 Å². The molecule has 3 N–H and O–H groups in total. The molecule has 9 nitrogen and oxygen atoms in total. The first-order valence-corrected chi connectivity index (χ1v) is 11.7. The molecule has 2 aliphatic rings. The van der Waals surface area contributed by atoms with Gasteiger partial charge in [-0.2, -0.15) is 5.10 Å². The Morgan fingerprint density at radius 2 is 1.76 bits per heavy atom. The van der Waals surface area contributed by atoms with Crippen molar-refractivity contribution >= 4 is 22.3 Å². The molecular formula is C23H17N5O4S. The van der Waals surface area contributed by atoms with Gasteiger partial charge >= 0.3 is 0 Å². The van der Waals surface area contributed by atoms with E-state index in [1.807, 2.05) is 0 Å². The van der Waals surface area contributed by atoms with Gasteiger partial charge < -0.3 is 5.32 Å². The predicted octanol–water partition coefficient (Wildman–Crippen LogP) is 3.46. The first-order chi connectivity index (χ1) is 15.9. The lowest BCUT2D eigenvalue weighted by atomic mass is 10.0. The lowest BCUT2D eigenvalue weighted by Crippen LogP contribution is -2.35. The molecule has 0 bridgehead atoms. The van der Waals surface area contributed by atoms with Gasteiger partial charge in [0.15, 0.2) is 11.6 Å². The minimum Gasteiger partial charge on any atom is -0.349 e. The van der Waals surface area contributed by atoms with Crippen LogP contribution < -0.4 is 5.32 Å². The summed E-state index contributed by atoms with van der Waals surface area (Å²) in [6.07, 6.45) is 1.58. The number of nitrogens with one attached hydrogen (secondary N) is 1. The van der Waals surface area contributed by atoms with Crippen molar-refractivity contribution in [1.82, 2.24) is 25.1 Å². The monoisotopic (exact) mass is 459 g/mol. The molecule has 2 aromatic carbocycles. The Morgan fingerprint density at radius 3 is 2.61 bits per heavy atom. The minimum absolute atomic E-state index is 0.159. The summed E-state index contributed by atoms with van der Waals surface area (Å²) in [7, 11) is -3.37. The van der Waals surface area contributed by atoms with Crippen LogP contribution in [0.4, 0.5) is 0 Å². The van der Waals surface area contributed by atoms with Crippen molar-refractivity contribution < 1.29 is 18.7 Å². The van der Waals surface area contributed by atoms with Crippen molar-refractivity contribution in [1.29, 1.82) is 0 Å². The Bertz CT molecular complexity index is 1480. The second kappa shape index (κ2) is 7.07. The van der Waals surface area contributed by atoms with Crippen LogP contribution in [-0.4, -0.2) is 47.1 Å². The maximum Gasteiger partial charge on any atom is 0.269 e. The van der Waals surface area contributed by atoms with E-state index in [1.165, 1.54) is 0 Å². The Balaban J connectivity index is 1.43. The van der Waals surface area contributed by atoms with Gasteiger partial charge in [0.1, 0.15) is 11.4 Å². The maximum atomic E-state index is 12.9. The van der Waals surface area contributed by atoms with Crippen molar-refractivity contribution in [2.24, 2.45) is 0 Å². The van der Waals surface area contributed by atoms with E-state index in [9.17, 15) is 18.7 Å². The number of aromatic nitrogens is 4. The summed E-state index contributed by atoms with van der Waals surface area (Å²) in [6.45, 7) is 1.10. The Hall–Kier alpha value is -3.86. The molecule has 0 radical (unpaired) electrons. The van der Waals surface area contributed by atoms with Crippen LogP contribution in [-0.2, 0) is 6.54 Å². The van der Waals surface area contributed by atoms with Gasteiger partial charge in [0, 0.05) is 29.4 Å². The fourth-order valence-electron chi connectivity index (χ4n) is 4.15. The van der Waals surface area contributed by atoms with E-state index in [4.69, 9.17) is 0 Å². The molecule has 1 amide bonds. The summed E-state index contributed by atoms with van der Waals surface area (Å²) in [5, 5.41) is 7.26. The molecule has 0 saturated carbocycles. The Kier molecular flexibility index (Phi) is 4.24. The first kappa shape index (κ1) is 19.8.